The van der Waals surface area contributed by atoms with E-state index in [9.17, 15) is 15.2 Å². The first-order valence-electron chi connectivity index (χ1n) is 5.30. The number of aromatic nitrogens is 1. The Morgan fingerprint density at radius 3 is 2.94 bits per heavy atom. The Balaban J connectivity index is 2.01. The van der Waals surface area contributed by atoms with Crippen molar-refractivity contribution in [2.75, 3.05) is 11.9 Å². The summed E-state index contributed by atoms with van der Waals surface area (Å²) in [6.07, 6.45) is 1.63. The summed E-state index contributed by atoms with van der Waals surface area (Å²) in [4.78, 5) is 14.0. The maximum atomic E-state index is 10.6. The van der Waals surface area contributed by atoms with Crippen molar-refractivity contribution >= 4 is 23.1 Å². The molecule has 1 aliphatic rings. The van der Waals surface area contributed by atoms with E-state index in [1.807, 2.05) is 0 Å². The number of anilines is 1. The number of nitrogens with one attached hydrogen (secondary N) is 1. The van der Waals surface area contributed by atoms with E-state index < -0.39 is 11.0 Å². The van der Waals surface area contributed by atoms with E-state index in [2.05, 4.69) is 10.3 Å². The summed E-state index contributed by atoms with van der Waals surface area (Å²) in [5.41, 5.74) is -0.117. The number of halogens is 1. The Kier molecular flexibility index (Phi) is 3.44. The van der Waals surface area contributed by atoms with Crippen molar-refractivity contribution in [3.63, 3.8) is 0 Å². The van der Waals surface area contributed by atoms with Crippen LogP contribution in [0.3, 0.4) is 0 Å². The molecule has 1 heterocycles. The fourth-order valence-corrected chi connectivity index (χ4v) is 1.74. The lowest BCUT2D eigenvalue weighted by Crippen LogP contribution is -2.21. The molecule has 0 bridgehead atoms. The number of nitro groups is 1. The molecule has 0 radical (unpaired) electrons. The molecule has 92 valence electrons. The van der Waals surface area contributed by atoms with Gasteiger partial charge in [-0.1, -0.05) is 11.6 Å². The molecule has 2 rings (SSSR count). The van der Waals surface area contributed by atoms with Crippen molar-refractivity contribution in [3.8, 4) is 0 Å². The second-order valence-corrected chi connectivity index (χ2v) is 4.46. The van der Waals surface area contributed by atoms with Gasteiger partial charge in [-0.3, -0.25) is 10.1 Å². The van der Waals surface area contributed by atoms with Gasteiger partial charge in [0.2, 0.25) is 0 Å². The van der Waals surface area contributed by atoms with Crippen LogP contribution in [0.2, 0.25) is 5.15 Å². The van der Waals surface area contributed by atoms with Gasteiger partial charge in [-0.15, -0.1) is 0 Å². The van der Waals surface area contributed by atoms with Crippen LogP contribution in [-0.2, 0) is 0 Å². The summed E-state index contributed by atoms with van der Waals surface area (Å²) >= 11 is 5.67. The molecule has 2 N–H and O–H groups in total. The topological polar surface area (TPSA) is 88.3 Å². The van der Waals surface area contributed by atoms with Crippen molar-refractivity contribution in [2.24, 2.45) is 5.92 Å². The summed E-state index contributed by atoms with van der Waals surface area (Å²) in [5.74, 6) is 0.653. The third kappa shape index (κ3) is 3.28. The van der Waals surface area contributed by atoms with Crippen LogP contribution in [0, 0.1) is 16.0 Å². The van der Waals surface area contributed by atoms with E-state index in [1.54, 1.807) is 0 Å². The molecule has 6 nitrogen and oxygen atoms in total. The lowest BCUT2D eigenvalue weighted by atomic mass is 10.2. The van der Waals surface area contributed by atoms with Crippen LogP contribution in [0.4, 0.5) is 11.5 Å². The van der Waals surface area contributed by atoms with Gasteiger partial charge in [-0.25, -0.2) is 4.98 Å². The zero-order valence-corrected chi connectivity index (χ0v) is 9.72. The molecule has 7 heteroatoms. The molecule has 1 fully saturated rings. The van der Waals surface area contributed by atoms with Crippen LogP contribution >= 0.6 is 11.6 Å². The molecule has 0 amide bonds. The van der Waals surface area contributed by atoms with Crippen molar-refractivity contribution in [3.05, 3.63) is 27.4 Å². The van der Waals surface area contributed by atoms with Crippen LogP contribution in [0.25, 0.3) is 0 Å². The van der Waals surface area contributed by atoms with Crippen LogP contribution in [0.15, 0.2) is 12.1 Å². The Hall–Kier alpha value is -1.40. The number of rotatable bonds is 5. The zero-order valence-electron chi connectivity index (χ0n) is 8.97. The Morgan fingerprint density at radius 1 is 1.65 bits per heavy atom. The predicted molar refractivity (Wildman–Crippen MR) is 63.1 cm³/mol. The molecule has 0 saturated heterocycles. The van der Waals surface area contributed by atoms with E-state index in [4.69, 9.17) is 11.6 Å². The third-order valence-electron chi connectivity index (χ3n) is 2.65. The summed E-state index contributed by atoms with van der Waals surface area (Å²) in [5, 5.41) is 23.2. The number of aliphatic hydroxyl groups is 1. The van der Waals surface area contributed by atoms with E-state index >= 15 is 0 Å². The van der Waals surface area contributed by atoms with Gasteiger partial charge in [-0.2, -0.15) is 0 Å². The van der Waals surface area contributed by atoms with Gasteiger partial charge in [0.15, 0.2) is 0 Å². The highest BCUT2D eigenvalue weighted by atomic mass is 35.5. The van der Waals surface area contributed by atoms with E-state index in [1.165, 1.54) is 12.1 Å². The van der Waals surface area contributed by atoms with Gasteiger partial charge < -0.3 is 10.4 Å². The zero-order chi connectivity index (χ0) is 12.4. The smallest absolute Gasteiger partial charge is 0.276 e. The standard InChI is InChI=1S/C10H12ClN3O3/c11-9-3-7(14(16)17)4-10(13-9)12-5-8(15)6-1-2-6/h3-4,6,8,15H,1-2,5H2,(H,12,13). The molecule has 1 atom stereocenters. The van der Waals surface area contributed by atoms with Crippen LogP contribution in [0.1, 0.15) is 12.8 Å². The molecule has 1 unspecified atom stereocenters. The Bertz CT molecular complexity index is 437. The van der Waals surface area contributed by atoms with E-state index in [0.717, 1.165) is 12.8 Å². The quantitative estimate of drug-likeness (QED) is 0.477. The van der Waals surface area contributed by atoms with Crippen molar-refractivity contribution in [1.82, 2.24) is 4.98 Å². The van der Waals surface area contributed by atoms with Crippen LogP contribution in [-0.4, -0.2) is 27.7 Å². The van der Waals surface area contributed by atoms with Crippen molar-refractivity contribution in [2.45, 2.75) is 18.9 Å². The lowest BCUT2D eigenvalue weighted by molar-refractivity contribution is -0.384. The average molecular weight is 258 g/mol. The second kappa shape index (κ2) is 4.85. The highest BCUT2D eigenvalue weighted by molar-refractivity contribution is 6.29. The minimum absolute atomic E-state index is 0.0580. The minimum atomic E-state index is -0.532. The molecule has 1 aliphatic carbocycles. The fourth-order valence-electron chi connectivity index (χ4n) is 1.54. The SMILES string of the molecule is O=[N+]([O-])c1cc(Cl)nc(NCC(O)C2CC2)c1. The van der Waals surface area contributed by atoms with Crippen LogP contribution < -0.4 is 5.32 Å². The van der Waals surface area contributed by atoms with Crippen LogP contribution in [0.5, 0.6) is 0 Å². The first-order valence-corrected chi connectivity index (χ1v) is 5.68. The van der Waals surface area contributed by atoms with E-state index in [0.29, 0.717) is 18.3 Å². The molecule has 1 saturated carbocycles. The number of nitrogens with zero attached hydrogens (tertiary/aromatic N) is 2. The van der Waals surface area contributed by atoms with Crippen molar-refractivity contribution < 1.29 is 10.0 Å². The third-order valence-corrected chi connectivity index (χ3v) is 2.84. The molecule has 1 aromatic heterocycles. The number of pyridine rings is 1. The van der Waals surface area contributed by atoms with Gasteiger partial charge in [0.05, 0.1) is 23.2 Å². The molecule has 0 aromatic carbocycles. The molecule has 0 aliphatic heterocycles. The maximum absolute atomic E-state index is 10.6. The maximum Gasteiger partial charge on any atom is 0.276 e. The van der Waals surface area contributed by atoms with Gasteiger partial charge in [0.25, 0.3) is 5.69 Å². The lowest BCUT2D eigenvalue weighted by Gasteiger charge is -2.10. The highest BCUT2D eigenvalue weighted by Crippen LogP contribution is 2.32. The minimum Gasteiger partial charge on any atom is -0.391 e. The normalized spacial score (nSPS) is 16.6. The first-order chi connectivity index (χ1) is 8.06. The molecule has 1 aromatic rings. The summed E-state index contributed by atoms with van der Waals surface area (Å²) < 4.78 is 0. The Morgan fingerprint density at radius 2 is 2.35 bits per heavy atom. The van der Waals surface area contributed by atoms with Gasteiger partial charge in [0, 0.05) is 6.54 Å². The molecule has 17 heavy (non-hydrogen) atoms. The fraction of sp³-hybridized carbons (Fsp3) is 0.500. The Labute approximate surface area is 103 Å². The highest BCUT2D eigenvalue weighted by Gasteiger charge is 2.29. The predicted octanol–water partition coefficient (Wildman–Crippen LogP) is 1.83. The van der Waals surface area contributed by atoms with Gasteiger partial charge in [0.1, 0.15) is 11.0 Å². The van der Waals surface area contributed by atoms with Crippen molar-refractivity contribution in [1.29, 1.82) is 0 Å². The number of hydrogen-bond donors (Lipinski definition) is 2. The second-order valence-electron chi connectivity index (χ2n) is 4.08. The molecular weight excluding hydrogens is 246 g/mol. The van der Waals surface area contributed by atoms with E-state index in [-0.39, 0.29) is 10.8 Å². The molecular formula is C10H12ClN3O3. The first kappa shape index (κ1) is 12.1. The summed E-state index contributed by atoms with van der Waals surface area (Å²) in [7, 11) is 0. The summed E-state index contributed by atoms with van der Waals surface area (Å²) in [6.45, 7) is 0.329. The summed E-state index contributed by atoms with van der Waals surface area (Å²) in [6, 6.07) is 2.48. The monoisotopic (exact) mass is 257 g/mol. The average Bonchev–Trinajstić information content (AvgIpc) is 3.08. The molecule has 0 spiro atoms. The number of aliphatic hydroxyl groups excluding tert-OH is 1. The van der Waals surface area contributed by atoms with Gasteiger partial charge >= 0.3 is 0 Å². The van der Waals surface area contributed by atoms with Gasteiger partial charge in [-0.05, 0) is 18.8 Å². The number of hydrogen-bond acceptors (Lipinski definition) is 5. The largest absolute Gasteiger partial charge is 0.391 e.